The van der Waals surface area contributed by atoms with E-state index in [-0.39, 0.29) is 65.0 Å². The summed E-state index contributed by atoms with van der Waals surface area (Å²) in [5, 5.41) is 15.8. The summed E-state index contributed by atoms with van der Waals surface area (Å²) in [4.78, 5) is 20.9. The summed E-state index contributed by atoms with van der Waals surface area (Å²) in [5.74, 6) is -2.96. The molecule has 99 heavy (non-hydrogen) atoms. The van der Waals surface area contributed by atoms with Crippen LogP contribution in [0.25, 0.3) is 43.1 Å². The maximum Gasteiger partial charge on any atom is 0.265 e. The SMILES string of the molecule is Clc1ccc2c(c1)NCC2.O=S(=O)(Cl)c1cccc2cncc(F)c12.O=S(=O)(c1cccc2c[n+](O)cc(F)c12)N1CCc2ccc(Cl)cc21.O=S(=O)(c1cccc2cncc(F)c12)N1CCc2ccc(Cl)cc21.O=c1[nH]cc(F)c2c(S(=O)(=O)N3CCc4ccc(Cl)cc43)cccc12. The molecule has 4 aliphatic rings. The third-order valence-electron chi connectivity index (χ3n) is 16.5. The Bertz CT molecular complexity index is 5810. The van der Waals surface area contributed by atoms with Crippen molar-refractivity contribution < 1.29 is 61.2 Å². The van der Waals surface area contributed by atoms with E-state index in [1.54, 1.807) is 72.8 Å². The first kappa shape index (κ1) is 70.0. The number of rotatable bonds is 7. The Balaban J connectivity index is 0.000000121. The lowest BCUT2D eigenvalue weighted by Gasteiger charge is -2.21. The van der Waals surface area contributed by atoms with Crippen LogP contribution < -0.4 is 28.5 Å². The Hall–Kier alpha value is -8.83. The second-order valence-electron chi connectivity index (χ2n) is 22.5. The van der Waals surface area contributed by atoms with Gasteiger partial charge in [0.05, 0.1) is 65.2 Å². The van der Waals surface area contributed by atoms with Crippen molar-refractivity contribution in [1.82, 2.24) is 15.0 Å². The van der Waals surface area contributed by atoms with E-state index < -0.39 is 67.9 Å². The lowest BCUT2D eigenvalue weighted by atomic mass is 10.2. The van der Waals surface area contributed by atoms with Gasteiger partial charge in [0.25, 0.3) is 50.9 Å². The highest BCUT2D eigenvalue weighted by molar-refractivity contribution is 8.14. The molecule has 8 aromatic carbocycles. The van der Waals surface area contributed by atoms with Crippen LogP contribution in [0.15, 0.2) is 213 Å². The van der Waals surface area contributed by atoms with Crippen LogP contribution in [0.2, 0.25) is 20.1 Å². The van der Waals surface area contributed by atoms with E-state index in [0.717, 1.165) is 59.5 Å². The molecule has 8 heterocycles. The number of aromatic amines is 1. The number of nitrogens with zero attached hydrogens (tertiary/aromatic N) is 6. The number of nitrogens with one attached hydrogen (secondary N) is 2. The van der Waals surface area contributed by atoms with Gasteiger partial charge in [-0.3, -0.25) is 32.9 Å². The van der Waals surface area contributed by atoms with Crippen molar-refractivity contribution in [3.05, 3.63) is 265 Å². The molecule has 3 N–H and O–H groups in total. The van der Waals surface area contributed by atoms with Gasteiger partial charge in [0.15, 0.2) is 11.6 Å². The molecule has 0 aliphatic carbocycles. The fourth-order valence-corrected chi connectivity index (χ4v) is 18.9. The lowest BCUT2D eigenvalue weighted by molar-refractivity contribution is -0.904. The van der Waals surface area contributed by atoms with Gasteiger partial charge in [-0.1, -0.05) is 107 Å². The third kappa shape index (κ3) is 14.1. The van der Waals surface area contributed by atoms with Crippen LogP contribution in [0.1, 0.15) is 22.3 Å². The summed E-state index contributed by atoms with van der Waals surface area (Å²) in [5.41, 5.74) is 6.22. The first-order valence-electron chi connectivity index (χ1n) is 29.7. The van der Waals surface area contributed by atoms with Crippen molar-refractivity contribution in [1.29, 1.82) is 0 Å². The van der Waals surface area contributed by atoms with Gasteiger partial charge in [-0.25, -0.2) is 46.8 Å². The van der Waals surface area contributed by atoms with E-state index in [1.165, 1.54) is 91.3 Å². The molecule has 16 rings (SSSR count). The monoisotopic (exact) mass is 1520 g/mol. The molecule has 508 valence electrons. The minimum Gasteiger partial charge on any atom is -0.384 e. The van der Waals surface area contributed by atoms with Gasteiger partial charge in [-0.05, 0) is 133 Å². The fraction of sp³-hybridized carbons (Fsp3) is 0.118. The van der Waals surface area contributed by atoms with Crippen LogP contribution in [0.5, 0.6) is 0 Å². The van der Waals surface area contributed by atoms with Crippen LogP contribution in [-0.4, -0.2) is 80.0 Å². The summed E-state index contributed by atoms with van der Waals surface area (Å²) in [6.45, 7) is 1.86. The number of hydrogen-bond donors (Lipinski definition) is 3. The number of H-pyrrole nitrogens is 1. The summed E-state index contributed by atoms with van der Waals surface area (Å²) >= 11 is 23.8. The lowest BCUT2D eigenvalue weighted by Crippen LogP contribution is -2.31. The van der Waals surface area contributed by atoms with Gasteiger partial charge in [-0.2, -0.15) is 4.39 Å². The number of hydrogen-bond acceptors (Lipinski definition) is 13. The molecule has 0 spiro atoms. The largest absolute Gasteiger partial charge is 0.384 e. The van der Waals surface area contributed by atoms with E-state index in [9.17, 15) is 61.2 Å². The Morgan fingerprint density at radius 2 is 0.848 bits per heavy atom. The van der Waals surface area contributed by atoms with Gasteiger partial charge in [0.2, 0.25) is 12.0 Å². The maximum atomic E-state index is 14.4. The number of pyridine rings is 4. The number of fused-ring (bicyclic) bond motifs is 8. The zero-order valence-corrected chi connectivity index (χ0v) is 57.9. The molecular formula is C68H50Cl5F4N8O10S4+. The number of halogens is 9. The van der Waals surface area contributed by atoms with Crippen molar-refractivity contribution in [3.63, 3.8) is 0 Å². The molecule has 4 aliphatic heterocycles. The Morgan fingerprint density at radius 3 is 1.32 bits per heavy atom. The van der Waals surface area contributed by atoms with E-state index in [1.807, 2.05) is 18.2 Å². The molecule has 18 nitrogen and oxygen atoms in total. The molecule has 0 fully saturated rings. The molecule has 0 saturated carbocycles. The standard InChI is InChI=1S/C17H13ClFN2O3S.C17H12ClFN2O3S.C17H12ClFN2O2S.C9H5ClFNO2S.C8H8ClN/c18-13-5-4-11-6-7-21(15(11)8-13)25(23,24)16-3-1-2-12-9-20(22)10-14(19)17(12)16;18-11-5-4-10-6-7-21(14(10)8-11)25(23,24)15-3-1-2-12-16(15)13(19)9-20-17(12)22;18-13-5-4-11-6-7-21(15(11)8-13)24(22,23)16-3-1-2-12-9-20-10-14(19)17(12)16;10-15(13,14)8-3-1-2-6-4-12-5-7(11)9(6)8;9-7-2-1-6-3-4-10-8(6)5-7/h1-5,8-10,22H,6-7H2;1-5,8-9H,6-7H2,(H,20,22);1-5,8-10H,6-7H2;1-5H;1-2,5,10H,3-4H2/q+1;;;;. The van der Waals surface area contributed by atoms with Crippen LogP contribution >= 0.6 is 57.1 Å². The van der Waals surface area contributed by atoms with E-state index in [4.69, 9.17) is 57.1 Å². The van der Waals surface area contributed by atoms with Gasteiger partial charge in [-0.15, -0.1) is 0 Å². The van der Waals surface area contributed by atoms with Gasteiger partial charge < -0.3 is 10.3 Å². The number of anilines is 4. The smallest absolute Gasteiger partial charge is 0.265 e. The summed E-state index contributed by atoms with van der Waals surface area (Å²) in [6.07, 6.45) is 10.6. The molecular weight excluding hydrogens is 1470 g/mol. The quantitative estimate of drug-likeness (QED) is 0.0583. The molecule has 0 radical (unpaired) electrons. The van der Waals surface area contributed by atoms with Crippen molar-refractivity contribution in [2.75, 3.05) is 44.4 Å². The maximum absolute atomic E-state index is 14.4. The van der Waals surface area contributed by atoms with E-state index >= 15 is 0 Å². The zero-order chi connectivity index (χ0) is 70.5. The van der Waals surface area contributed by atoms with Crippen molar-refractivity contribution >= 4 is 162 Å². The van der Waals surface area contributed by atoms with Crippen LogP contribution in [0.3, 0.4) is 0 Å². The average molecular weight is 1520 g/mol. The van der Waals surface area contributed by atoms with E-state index in [0.29, 0.717) is 73.4 Å². The normalized spacial score (nSPS) is 13.8. The van der Waals surface area contributed by atoms with Crippen LogP contribution in [0, 0.1) is 23.3 Å². The summed E-state index contributed by atoms with van der Waals surface area (Å²) < 4.78 is 162. The van der Waals surface area contributed by atoms with E-state index in [2.05, 4.69) is 26.3 Å². The van der Waals surface area contributed by atoms with Crippen molar-refractivity contribution in [3.8, 4) is 0 Å². The number of sulfonamides is 3. The highest BCUT2D eigenvalue weighted by Crippen LogP contribution is 2.41. The highest BCUT2D eigenvalue weighted by atomic mass is 35.7. The minimum atomic E-state index is -4.05. The molecule has 4 aromatic heterocycles. The molecule has 0 atom stereocenters. The molecule has 0 saturated heterocycles. The third-order valence-corrected chi connectivity index (χ3v) is 24.4. The summed E-state index contributed by atoms with van der Waals surface area (Å²) in [6, 6.07) is 38.9. The zero-order valence-electron chi connectivity index (χ0n) is 50.9. The Labute approximate surface area is 588 Å². The van der Waals surface area contributed by atoms with Crippen LogP contribution in [0.4, 0.5) is 40.3 Å². The van der Waals surface area contributed by atoms with Gasteiger partial charge in [0, 0.05) is 113 Å². The Morgan fingerprint density at radius 1 is 0.444 bits per heavy atom. The Kier molecular flexibility index (Phi) is 19.9. The first-order valence-corrected chi connectivity index (χ1v) is 37.8. The van der Waals surface area contributed by atoms with Crippen LogP contribution in [-0.2, 0) is 64.8 Å². The first-order chi connectivity index (χ1) is 47.1. The van der Waals surface area contributed by atoms with Crippen molar-refractivity contribution in [2.45, 2.75) is 45.3 Å². The second kappa shape index (κ2) is 28.1. The predicted molar refractivity (Wildman–Crippen MR) is 375 cm³/mol. The second-order valence-corrected chi connectivity index (χ2v) is 32.3. The van der Waals surface area contributed by atoms with Gasteiger partial charge in [0.1, 0.15) is 5.82 Å². The average Bonchev–Trinajstić information content (AvgIpc) is 1.75. The number of aromatic nitrogens is 4. The molecule has 0 amide bonds. The highest BCUT2D eigenvalue weighted by Gasteiger charge is 2.37. The topological polar surface area (TPSA) is 241 Å². The molecule has 31 heteroatoms. The molecule has 0 unspecified atom stereocenters. The fourth-order valence-electron chi connectivity index (χ4n) is 12.0. The van der Waals surface area contributed by atoms with Crippen molar-refractivity contribution in [2.24, 2.45) is 0 Å². The number of benzene rings is 8. The summed E-state index contributed by atoms with van der Waals surface area (Å²) in [7, 11) is -10.7. The predicted octanol–water partition coefficient (Wildman–Crippen LogP) is 14.4. The molecule has 12 aromatic rings. The molecule has 0 bridgehead atoms. The minimum absolute atomic E-state index is 0.00779. The van der Waals surface area contributed by atoms with Gasteiger partial charge >= 0.3 is 0 Å².